The van der Waals surface area contributed by atoms with E-state index in [1.54, 1.807) is 32.9 Å². The quantitative estimate of drug-likeness (QED) is 0.411. The number of carbonyl (C=O) groups is 5. The zero-order valence-corrected chi connectivity index (χ0v) is 25.0. The molecule has 0 bridgehead atoms. The first kappa shape index (κ1) is 32.0. The van der Waals surface area contributed by atoms with Crippen LogP contribution in [-0.2, 0) is 36.9 Å². The Morgan fingerprint density at radius 3 is 2.51 bits per heavy atom. The molecule has 0 radical (unpaired) electrons. The molecule has 4 amide bonds. The fraction of sp³-hybridized carbons (Fsp3) is 0.581. The Morgan fingerprint density at radius 1 is 1.14 bits per heavy atom. The molecule has 0 aromatic heterocycles. The van der Waals surface area contributed by atoms with Crippen LogP contribution < -0.4 is 11.1 Å². The number of nitrogens with one attached hydrogen (secondary N) is 1. The second-order valence-corrected chi connectivity index (χ2v) is 12.5. The molecule has 4 rings (SSSR count). The second kappa shape index (κ2) is 13.6. The van der Waals surface area contributed by atoms with Gasteiger partial charge < -0.3 is 25.4 Å². The number of allylic oxidation sites excluding steroid dienone is 2. The second-order valence-electron chi connectivity index (χ2n) is 12.5. The Morgan fingerprint density at radius 2 is 1.86 bits per heavy atom. The first-order valence-corrected chi connectivity index (χ1v) is 14.8. The molecule has 2 heterocycles. The highest BCUT2D eigenvalue weighted by molar-refractivity contribution is 5.93. The largest absolute Gasteiger partial charge is 0.444 e. The summed E-state index contributed by atoms with van der Waals surface area (Å²) in [5.41, 5.74) is 5.88. The molecule has 2 fully saturated rings. The van der Waals surface area contributed by atoms with Crippen molar-refractivity contribution in [3.8, 4) is 0 Å². The number of rotatable bonds is 9. The summed E-state index contributed by atoms with van der Waals surface area (Å²) in [6, 6.07) is 2.35. The summed E-state index contributed by atoms with van der Waals surface area (Å²) in [4.78, 5) is 66.8. The minimum absolute atomic E-state index is 0.0189. The number of likely N-dealkylation sites (tertiary alicyclic amines) is 1. The predicted octanol–water partition coefficient (Wildman–Crippen LogP) is 3.72. The number of ketones is 1. The molecule has 3 atom stereocenters. The molecule has 11 nitrogen and oxygen atoms in total. The first-order valence-electron chi connectivity index (χ1n) is 14.8. The highest BCUT2D eigenvalue weighted by Crippen LogP contribution is 2.28. The zero-order valence-electron chi connectivity index (χ0n) is 25.0. The third-order valence-electron chi connectivity index (χ3n) is 7.95. The lowest BCUT2D eigenvalue weighted by molar-refractivity contribution is -0.139. The standard InChI is InChI=1S/C31H41FN4O7/c1-31(2,3)43-29(40)34-25(14-13-21(37)12-11-19-7-4-5-8-19)28(39)36-17-22(15-26(36)27(33)38)42-30(41)35-16-20-9-6-10-24(32)23(20)18-35/h6,9-12,19,22,25-26H,4-5,7-8,13-18H2,1-3H3,(H2,33,38)(H,34,40)/b12-11+/t22-,25+,26+/m1/s1. The molecule has 1 saturated heterocycles. The molecule has 0 spiro atoms. The average molecular weight is 601 g/mol. The summed E-state index contributed by atoms with van der Waals surface area (Å²) < 4.78 is 25.1. The molecule has 1 aromatic rings. The van der Waals surface area contributed by atoms with Crippen LogP contribution in [-0.4, -0.2) is 69.9 Å². The minimum Gasteiger partial charge on any atom is -0.444 e. The number of alkyl carbamates (subject to hydrolysis) is 1. The minimum atomic E-state index is -1.19. The summed E-state index contributed by atoms with van der Waals surface area (Å²) >= 11 is 0. The molecule has 1 aliphatic carbocycles. The van der Waals surface area contributed by atoms with E-state index in [9.17, 15) is 28.4 Å². The summed E-state index contributed by atoms with van der Waals surface area (Å²) in [7, 11) is 0. The van der Waals surface area contributed by atoms with E-state index >= 15 is 0 Å². The number of carbonyl (C=O) groups excluding carboxylic acids is 5. The van der Waals surface area contributed by atoms with Gasteiger partial charge in [0.15, 0.2) is 5.78 Å². The summed E-state index contributed by atoms with van der Waals surface area (Å²) in [5, 5.41) is 2.55. The van der Waals surface area contributed by atoms with E-state index in [0.717, 1.165) is 25.7 Å². The smallest absolute Gasteiger partial charge is 0.410 e. The van der Waals surface area contributed by atoms with Crippen molar-refractivity contribution < 1.29 is 37.8 Å². The molecule has 3 N–H and O–H groups in total. The van der Waals surface area contributed by atoms with Crippen LogP contribution >= 0.6 is 0 Å². The van der Waals surface area contributed by atoms with Gasteiger partial charge in [0.1, 0.15) is 29.6 Å². The van der Waals surface area contributed by atoms with Crippen molar-refractivity contribution in [1.82, 2.24) is 15.1 Å². The van der Waals surface area contributed by atoms with Crippen LogP contribution in [0.25, 0.3) is 0 Å². The molecular weight excluding hydrogens is 559 g/mol. The van der Waals surface area contributed by atoms with E-state index in [1.165, 1.54) is 21.9 Å². The van der Waals surface area contributed by atoms with Crippen LogP contribution in [0.1, 0.15) is 76.8 Å². The van der Waals surface area contributed by atoms with Crippen LogP contribution in [0.3, 0.4) is 0 Å². The van der Waals surface area contributed by atoms with E-state index in [-0.39, 0.29) is 44.7 Å². The van der Waals surface area contributed by atoms with E-state index in [4.69, 9.17) is 15.2 Å². The molecule has 234 valence electrons. The first-order chi connectivity index (χ1) is 20.3. The third kappa shape index (κ3) is 8.55. The van der Waals surface area contributed by atoms with Crippen molar-refractivity contribution in [3.05, 3.63) is 47.3 Å². The van der Waals surface area contributed by atoms with Gasteiger partial charge in [-0.1, -0.05) is 31.1 Å². The lowest BCUT2D eigenvalue weighted by Gasteiger charge is -2.28. The van der Waals surface area contributed by atoms with Gasteiger partial charge in [-0.05, 0) is 63.7 Å². The maximum absolute atomic E-state index is 14.2. The number of fused-ring (bicyclic) bond motifs is 1. The maximum atomic E-state index is 14.2. The Balaban J connectivity index is 1.42. The zero-order chi connectivity index (χ0) is 31.3. The predicted molar refractivity (Wildman–Crippen MR) is 154 cm³/mol. The van der Waals surface area contributed by atoms with Gasteiger partial charge in [-0.2, -0.15) is 0 Å². The maximum Gasteiger partial charge on any atom is 0.410 e. The Bertz CT molecular complexity index is 1270. The molecule has 1 saturated carbocycles. The summed E-state index contributed by atoms with van der Waals surface area (Å²) in [6.07, 6.45) is 5.29. The van der Waals surface area contributed by atoms with Gasteiger partial charge in [-0.25, -0.2) is 14.0 Å². The number of amides is 4. The van der Waals surface area contributed by atoms with E-state index < -0.39 is 53.6 Å². The highest BCUT2D eigenvalue weighted by Gasteiger charge is 2.43. The highest BCUT2D eigenvalue weighted by atomic mass is 19.1. The van der Waals surface area contributed by atoms with Crippen molar-refractivity contribution in [2.45, 2.75) is 103 Å². The molecule has 2 aliphatic heterocycles. The van der Waals surface area contributed by atoms with Gasteiger partial charge in [0, 0.05) is 24.9 Å². The number of primary amides is 1. The van der Waals surface area contributed by atoms with E-state index in [0.29, 0.717) is 17.0 Å². The summed E-state index contributed by atoms with van der Waals surface area (Å²) in [5.74, 6) is -1.66. The van der Waals surface area contributed by atoms with Gasteiger partial charge in [0.25, 0.3) is 0 Å². The lowest BCUT2D eigenvalue weighted by Crippen LogP contribution is -2.53. The number of hydrogen-bond donors (Lipinski definition) is 2. The van der Waals surface area contributed by atoms with Crippen molar-refractivity contribution in [1.29, 1.82) is 0 Å². The van der Waals surface area contributed by atoms with Crippen molar-refractivity contribution in [3.63, 3.8) is 0 Å². The van der Waals surface area contributed by atoms with Crippen LogP contribution in [0.4, 0.5) is 14.0 Å². The summed E-state index contributed by atoms with van der Waals surface area (Å²) in [6.45, 7) is 5.10. The SMILES string of the molecule is CC(C)(C)OC(=O)N[C@@H](CCC(=O)/C=C/C1CCCC1)C(=O)N1C[C@H](OC(=O)N2Cc3cccc(F)c3C2)C[C@H]1C(N)=O. The Hall–Kier alpha value is -3.96. The Kier molecular flexibility index (Phi) is 10.1. The van der Waals surface area contributed by atoms with Crippen molar-refractivity contribution in [2.75, 3.05) is 6.54 Å². The number of nitrogens with two attached hydrogens (primary N) is 1. The van der Waals surface area contributed by atoms with Gasteiger partial charge in [0.2, 0.25) is 11.8 Å². The van der Waals surface area contributed by atoms with Crippen LogP contribution in [0.15, 0.2) is 30.4 Å². The number of benzene rings is 1. The molecule has 12 heteroatoms. The normalized spacial score (nSPS) is 21.1. The Labute approximate surface area is 250 Å². The number of ether oxygens (including phenoxy) is 2. The lowest BCUT2D eigenvalue weighted by atomic mass is 10.0. The fourth-order valence-corrected chi connectivity index (χ4v) is 5.79. The van der Waals surface area contributed by atoms with E-state index in [2.05, 4.69) is 5.32 Å². The number of nitrogens with zero attached hydrogens (tertiary/aromatic N) is 2. The van der Waals surface area contributed by atoms with E-state index in [1.807, 2.05) is 6.08 Å². The monoisotopic (exact) mass is 600 g/mol. The molecular formula is C31H41FN4O7. The van der Waals surface area contributed by atoms with Crippen LogP contribution in [0, 0.1) is 11.7 Å². The molecule has 43 heavy (non-hydrogen) atoms. The number of halogens is 1. The fourth-order valence-electron chi connectivity index (χ4n) is 5.79. The topological polar surface area (TPSA) is 148 Å². The van der Waals surface area contributed by atoms with Crippen molar-refractivity contribution in [2.24, 2.45) is 11.7 Å². The third-order valence-corrected chi connectivity index (χ3v) is 7.95. The molecule has 3 aliphatic rings. The average Bonchev–Trinajstić information content (AvgIpc) is 3.68. The van der Waals surface area contributed by atoms with Gasteiger partial charge >= 0.3 is 12.2 Å². The van der Waals surface area contributed by atoms with Crippen LogP contribution in [0.5, 0.6) is 0 Å². The van der Waals surface area contributed by atoms with Crippen molar-refractivity contribution >= 4 is 29.8 Å². The van der Waals surface area contributed by atoms with Crippen LogP contribution in [0.2, 0.25) is 0 Å². The van der Waals surface area contributed by atoms with Gasteiger partial charge in [-0.3, -0.25) is 19.3 Å². The number of hydrogen-bond acceptors (Lipinski definition) is 7. The molecule has 1 aromatic carbocycles. The van der Waals surface area contributed by atoms with Gasteiger partial charge in [0.05, 0.1) is 13.1 Å². The van der Waals surface area contributed by atoms with Gasteiger partial charge in [-0.15, -0.1) is 0 Å². The molecule has 0 unspecified atom stereocenters.